The molecule has 2 rings (SSSR count). The Morgan fingerprint density at radius 1 is 1.13 bits per heavy atom. The fourth-order valence-corrected chi connectivity index (χ4v) is 2.83. The van der Waals surface area contributed by atoms with Crippen molar-refractivity contribution in [1.29, 1.82) is 5.26 Å². The van der Waals surface area contributed by atoms with E-state index in [0.29, 0.717) is 5.69 Å². The summed E-state index contributed by atoms with van der Waals surface area (Å²) < 4.78 is 27.5. The highest BCUT2D eigenvalue weighted by Crippen LogP contribution is 2.36. The van der Waals surface area contributed by atoms with Crippen LogP contribution in [0.25, 0.3) is 5.57 Å². The highest BCUT2D eigenvalue weighted by molar-refractivity contribution is 8.03. The molecule has 118 valence electrons. The first-order valence-electron chi connectivity index (χ1n) is 6.74. The Morgan fingerprint density at radius 2 is 1.74 bits per heavy atom. The van der Waals surface area contributed by atoms with Gasteiger partial charge in [0, 0.05) is 28.6 Å². The summed E-state index contributed by atoms with van der Waals surface area (Å²) in [7, 11) is 0. The molecule has 0 saturated heterocycles. The molecule has 0 fully saturated rings. The first kappa shape index (κ1) is 16.8. The summed E-state index contributed by atoms with van der Waals surface area (Å²) in [6, 6.07) is 14.7. The van der Waals surface area contributed by atoms with E-state index in [1.54, 1.807) is 30.3 Å². The molecule has 23 heavy (non-hydrogen) atoms. The maximum atomic E-state index is 13.8. The zero-order valence-electron chi connectivity index (χ0n) is 12.4. The molecule has 0 amide bonds. The van der Waals surface area contributed by atoms with Gasteiger partial charge in [-0.2, -0.15) is 5.26 Å². The molecule has 6 heteroatoms. The molecule has 0 unspecified atom stereocenters. The summed E-state index contributed by atoms with van der Waals surface area (Å²) in [6.07, 6.45) is 0. The molecule has 0 radical (unpaired) electrons. The lowest BCUT2D eigenvalue weighted by molar-refractivity contribution is 0.0172. The second kappa shape index (κ2) is 6.71. The number of nitrogens with two attached hydrogens (primary N) is 2. The normalized spacial score (nSPS) is 12.4. The molecule has 0 aliphatic heterocycles. The highest BCUT2D eigenvalue weighted by atomic mass is 32.2. The summed E-state index contributed by atoms with van der Waals surface area (Å²) in [6.45, 7) is 0.796. The van der Waals surface area contributed by atoms with Crippen LogP contribution in [-0.4, -0.2) is 0 Å². The first-order chi connectivity index (χ1) is 10.8. The maximum Gasteiger partial charge on any atom is 0.271 e. The molecule has 2 aromatic rings. The molecule has 0 atom stereocenters. The van der Waals surface area contributed by atoms with Gasteiger partial charge in [0.1, 0.15) is 6.07 Å². The van der Waals surface area contributed by atoms with Crippen molar-refractivity contribution >= 4 is 23.0 Å². The lowest BCUT2D eigenvalue weighted by Crippen LogP contribution is -2.11. The zero-order valence-corrected chi connectivity index (χ0v) is 13.2. The van der Waals surface area contributed by atoms with Crippen molar-refractivity contribution in [3.05, 3.63) is 64.7 Å². The quantitative estimate of drug-likeness (QED) is 0.497. The number of alkyl halides is 2. The maximum absolute atomic E-state index is 13.8. The molecule has 0 bridgehead atoms. The van der Waals surface area contributed by atoms with Gasteiger partial charge in [-0.3, -0.25) is 0 Å². The third-order valence-electron chi connectivity index (χ3n) is 3.14. The standard InChI is InChI=1S/C17H15F2N3S/c1-17(18,19)15-5-3-2-4-13(15)14(10-20)16(22)23-12-8-6-11(21)7-9-12/h2-9H,21-22H2,1H3/b16-14+. The number of nitriles is 1. The van der Waals surface area contributed by atoms with Crippen LogP contribution in [0.1, 0.15) is 18.1 Å². The van der Waals surface area contributed by atoms with Gasteiger partial charge >= 0.3 is 0 Å². The Morgan fingerprint density at radius 3 is 2.30 bits per heavy atom. The topological polar surface area (TPSA) is 75.8 Å². The van der Waals surface area contributed by atoms with E-state index in [4.69, 9.17) is 11.5 Å². The van der Waals surface area contributed by atoms with Gasteiger partial charge in [0.25, 0.3) is 5.92 Å². The van der Waals surface area contributed by atoms with Crippen LogP contribution in [0, 0.1) is 11.3 Å². The molecule has 0 heterocycles. The number of hydrogen-bond acceptors (Lipinski definition) is 4. The van der Waals surface area contributed by atoms with Crippen molar-refractivity contribution in [2.24, 2.45) is 5.73 Å². The lowest BCUT2D eigenvalue weighted by atomic mass is 9.97. The number of benzene rings is 2. The summed E-state index contributed by atoms with van der Waals surface area (Å²) in [5.74, 6) is -3.06. The van der Waals surface area contributed by atoms with Crippen LogP contribution >= 0.6 is 11.8 Å². The number of allylic oxidation sites excluding steroid dienone is 1. The minimum Gasteiger partial charge on any atom is -0.399 e. The zero-order chi connectivity index (χ0) is 17.0. The molecule has 3 nitrogen and oxygen atoms in total. The minimum absolute atomic E-state index is 0.0314. The summed E-state index contributed by atoms with van der Waals surface area (Å²) in [5, 5.41) is 9.56. The van der Waals surface area contributed by atoms with Gasteiger partial charge in [-0.15, -0.1) is 0 Å². The number of halogens is 2. The van der Waals surface area contributed by atoms with Gasteiger partial charge < -0.3 is 11.5 Å². The fraction of sp³-hybridized carbons (Fsp3) is 0.118. The van der Waals surface area contributed by atoms with Crippen molar-refractivity contribution in [1.82, 2.24) is 0 Å². The third kappa shape index (κ3) is 4.02. The van der Waals surface area contributed by atoms with Gasteiger partial charge in [0.05, 0.1) is 10.6 Å². The molecular weight excluding hydrogens is 316 g/mol. The number of rotatable bonds is 4. The molecule has 0 aliphatic carbocycles. The Balaban J connectivity index is 2.47. The average molecular weight is 331 g/mol. The lowest BCUT2D eigenvalue weighted by Gasteiger charge is -2.16. The molecule has 0 saturated carbocycles. The van der Waals surface area contributed by atoms with E-state index in [1.807, 2.05) is 6.07 Å². The fourth-order valence-electron chi connectivity index (χ4n) is 2.05. The molecule has 2 aromatic carbocycles. The van der Waals surface area contributed by atoms with E-state index in [0.717, 1.165) is 23.6 Å². The van der Waals surface area contributed by atoms with E-state index in [-0.39, 0.29) is 21.7 Å². The van der Waals surface area contributed by atoms with Crippen LogP contribution in [-0.2, 0) is 5.92 Å². The van der Waals surface area contributed by atoms with E-state index < -0.39 is 5.92 Å². The summed E-state index contributed by atoms with van der Waals surface area (Å²) in [4.78, 5) is 0.769. The average Bonchev–Trinajstić information content (AvgIpc) is 2.50. The predicted octanol–water partition coefficient (Wildman–Crippen LogP) is 4.32. The third-order valence-corrected chi connectivity index (χ3v) is 4.07. The van der Waals surface area contributed by atoms with E-state index in [2.05, 4.69) is 0 Å². The molecule has 4 N–H and O–H groups in total. The second-order valence-corrected chi connectivity index (χ2v) is 6.07. The Labute approximate surface area is 137 Å². The van der Waals surface area contributed by atoms with E-state index >= 15 is 0 Å². The molecule has 0 aromatic heterocycles. The Hall–Kier alpha value is -2.52. The van der Waals surface area contributed by atoms with Crippen LogP contribution in [0.4, 0.5) is 14.5 Å². The van der Waals surface area contributed by atoms with Gasteiger partial charge in [-0.25, -0.2) is 8.78 Å². The largest absolute Gasteiger partial charge is 0.399 e. The minimum atomic E-state index is -3.06. The van der Waals surface area contributed by atoms with Gasteiger partial charge in [-0.05, 0) is 24.3 Å². The van der Waals surface area contributed by atoms with Crippen molar-refractivity contribution < 1.29 is 8.78 Å². The SMILES string of the molecule is CC(F)(F)c1ccccc1/C(C#N)=C(\N)Sc1ccc(N)cc1. The van der Waals surface area contributed by atoms with Crippen molar-refractivity contribution in [3.8, 4) is 6.07 Å². The summed E-state index contributed by atoms with van der Waals surface area (Å²) >= 11 is 1.13. The van der Waals surface area contributed by atoms with Crippen molar-refractivity contribution in [3.63, 3.8) is 0 Å². The number of hydrogen-bond donors (Lipinski definition) is 2. The predicted molar refractivity (Wildman–Crippen MR) is 89.4 cm³/mol. The highest BCUT2D eigenvalue weighted by Gasteiger charge is 2.29. The monoisotopic (exact) mass is 331 g/mol. The second-order valence-electron chi connectivity index (χ2n) is 4.96. The van der Waals surface area contributed by atoms with Crippen molar-refractivity contribution in [2.45, 2.75) is 17.7 Å². The van der Waals surface area contributed by atoms with Gasteiger partial charge in [0.15, 0.2) is 0 Å². The first-order valence-corrected chi connectivity index (χ1v) is 7.55. The Kier molecular flexibility index (Phi) is 4.92. The van der Waals surface area contributed by atoms with Crippen molar-refractivity contribution in [2.75, 3.05) is 5.73 Å². The number of thioether (sulfide) groups is 1. The number of anilines is 1. The Bertz CT molecular complexity index is 772. The van der Waals surface area contributed by atoms with Crippen LogP contribution in [0.5, 0.6) is 0 Å². The smallest absolute Gasteiger partial charge is 0.271 e. The van der Waals surface area contributed by atoms with Crippen LogP contribution in [0.3, 0.4) is 0 Å². The molecule has 0 aliphatic rings. The molecule has 0 spiro atoms. The number of nitrogen functional groups attached to an aromatic ring is 1. The summed E-state index contributed by atoms with van der Waals surface area (Å²) in [5.41, 5.74) is 12.2. The van der Waals surface area contributed by atoms with E-state index in [1.165, 1.54) is 18.2 Å². The van der Waals surface area contributed by atoms with Gasteiger partial charge in [-0.1, -0.05) is 36.0 Å². The van der Waals surface area contributed by atoms with Crippen LogP contribution in [0.15, 0.2) is 58.5 Å². The van der Waals surface area contributed by atoms with Gasteiger partial charge in [0.2, 0.25) is 0 Å². The van der Waals surface area contributed by atoms with Crippen LogP contribution in [0.2, 0.25) is 0 Å². The number of nitrogens with zero attached hydrogens (tertiary/aromatic N) is 1. The van der Waals surface area contributed by atoms with Crippen LogP contribution < -0.4 is 11.5 Å². The van der Waals surface area contributed by atoms with E-state index in [9.17, 15) is 14.0 Å². The molecular formula is C17H15F2N3S.